The smallest absolute Gasteiger partial charge is 0.313 e. The molecular formula is C11H10N2O2S2. The maximum absolute atomic E-state index is 10.4. The maximum atomic E-state index is 10.4. The highest BCUT2D eigenvalue weighted by Crippen LogP contribution is 2.29. The summed E-state index contributed by atoms with van der Waals surface area (Å²) in [4.78, 5) is 10.4. The Bertz CT molecular complexity index is 523. The molecule has 0 spiro atoms. The van der Waals surface area contributed by atoms with E-state index in [1.807, 2.05) is 31.2 Å². The monoisotopic (exact) mass is 266 g/mol. The van der Waals surface area contributed by atoms with Gasteiger partial charge in [0.25, 0.3) is 0 Å². The fourth-order valence-electron chi connectivity index (χ4n) is 1.20. The lowest BCUT2D eigenvalue weighted by Gasteiger charge is -1.95. The molecule has 2 aromatic rings. The number of carboxylic acid groups (broad SMARTS) is 1. The maximum Gasteiger partial charge on any atom is 0.313 e. The molecule has 0 aliphatic heterocycles. The minimum atomic E-state index is -0.845. The Morgan fingerprint density at radius 2 is 2.06 bits per heavy atom. The molecule has 0 bridgehead atoms. The van der Waals surface area contributed by atoms with E-state index in [1.165, 1.54) is 28.7 Å². The second-order valence-electron chi connectivity index (χ2n) is 3.42. The zero-order valence-corrected chi connectivity index (χ0v) is 10.7. The van der Waals surface area contributed by atoms with Gasteiger partial charge in [0.2, 0.25) is 0 Å². The first-order chi connectivity index (χ1) is 8.15. The van der Waals surface area contributed by atoms with Crippen molar-refractivity contribution in [1.82, 2.24) is 10.2 Å². The summed E-state index contributed by atoms with van der Waals surface area (Å²) in [6, 6.07) is 8.00. The van der Waals surface area contributed by atoms with Gasteiger partial charge in [-0.15, -0.1) is 10.2 Å². The molecule has 1 aromatic heterocycles. The highest BCUT2D eigenvalue weighted by molar-refractivity contribution is 8.01. The van der Waals surface area contributed by atoms with E-state index >= 15 is 0 Å². The lowest BCUT2D eigenvalue weighted by atomic mass is 10.2. The molecular weight excluding hydrogens is 256 g/mol. The van der Waals surface area contributed by atoms with E-state index in [0.29, 0.717) is 4.34 Å². The van der Waals surface area contributed by atoms with Crippen LogP contribution in [-0.2, 0) is 4.79 Å². The Balaban J connectivity index is 2.12. The molecule has 0 radical (unpaired) electrons. The second-order valence-corrected chi connectivity index (χ2v) is 5.62. The van der Waals surface area contributed by atoms with Crippen molar-refractivity contribution in [2.24, 2.45) is 0 Å². The van der Waals surface area contributed by atoms with Gasteiger partial charge in [-0.25, -0.2) is 0 Å². The summed E-state index contributed by atoms with van der Waals surface area (Å²) in [7, 11) is 0. The minimum absolute atomic E-state index is 0.0164. The molecule has 0 amide bonds. The average Bonchev–Trinajstić information content (AvgIpc) is 2.76. The first kappa shape index (κ1) is 12.1. The van der Waals surface area contributed by atoms with Gasteiger partial charge >= 0.3 is 5.97 Å². The van der Waals surface area contributed by atoms with Crippen molar-refractivity contribution in [3.63, 3.8) is 0 Å². The molecule has 6 heteroatoms. The van der Waals surface area contributed by atoms with Crippen molar-refractivity contribution < 1.29 is 9.90 Å². The molecule has 1 aromatic carbocycles. The van der Waals surface area contributed by atoms with Gasteiger partial charge in [0, 0.05) is 5.56 Å². The number of aryl methyl sites for hydroxylation is 1. The number of carbonyl (C=O) groups is 1. The highest BCUT2D eigenvalue weighted by atomic mass is 32.2. The standard InChI is InChI=1S/C11H10N2O2S2/c1-7-2-4-8(5-3-7)10-12-13-11(17-10)16-6-9(14)15/h2-5H,6H2,1H3,(H,14,15). The Kier molecular flexibility index (Phi) is 3.75. The third-order valence-electron chi connectivity index (χ3n) is 2.02. The third-order valence-corrected chi connectivity index (χ3v) is 4.11. The lowest BCUT2D eigenvalue weighted by molar-refractivity contribution is -0.133. The average molecular weight is 266 g/mol. The number of aliphatic carboxylic acids is 1. The first-order valence-electron chi connectivity index (χ1n) is 4.90. The summed E-state index contributed by atoms with van der Waals surface area (Å²) >= 11 is 2.60. The third kappa shape index (κ3) is 3.28. The summed E-state index contributed by atoms with van der Waals surface area (Å²) in [6.07, 6.45) is 0. The second kappa shape index (κ2) is 5.29. The fraction of sp³-hybridized carbons (Fsp3) is 0.182. The zero-order valence-electron chi connectivity index (χ0n) is 9.08. The van der Waals surface area contributed by atoms with Crippen LogP contribution >= 0.6 is 23.1 Å². The predicted octanol–water partition coefficient (Wildman–Crippen LogP) is 2.69. The van der Waals surface area contributed by atoms with Crippen molar-refractivity contribution in [3.8, 4) is 10.6 Å². The van der Waals surface area contributed by atoms with Crippen molar-refractivity contribution in [3.05, 3.63) is 29.8 Å². The van der Waals surface area contributed by atoms with E-state index in [2.05, 4.69) is 10.2 Å². The van der Waals surface area contributed by atoms with E-state index < -0.39 is 5.97 Å². The van der Waals surface area contributed by atoms with Crippen LogP contribution in [0.5, 0.6) is 0 Å². The molecule has 0 saturated carbocycles. The van der Waals surface area contributed by atoms with Gasteiger partial charge in [0.15, 0.2) is 4.34 Å². The molecule has 2 rings (SSSR count). The summed E-state index contributed by atoms with van der Waals surface area (Å²) < 4.78 is 0.683. The summed E-state index contributed by atoms with van der Waals surface area (Å²) in [6.45, 7) is 2.03. The molecule has 4 nitrogen and oxygen atoms in total. The van der Waals surface area contributed by atoms with Gasteiger partial charge in [-0.05, 0) is 6.92 Å². The van der Waals surface area contributed by atoms with E-state index in [9.17, 15) is 4.79 Å². The molecule has 0 unspecified atom stereocenters. The first-order valence-corrected chi connectivity index (χ1v) is 6.70. The molecule has 0 atom stereocenters. The minimum Gasteiger partial charge on any atom is -0.481 e. The van der Waals surface area contributed by atoms with E-state index in [-0.39, 0.29) is 5.75 Å². The molecule has 0 saturated heterocycles. The van der Waals surface area contributed by atoms with Crippen LogP contribution in [0.4, 0.5) is 0 Å². The Morgan fingerprint density at radius 3 is 2.71 bits per heavy atom. The SMILES string of the molecule is Cc1ccc(-c2nnc(SCC(=O)O)s2)cc1. The number of aromatic nitrogens is 2. The summed E-state index contributed by atoms with van der Waals surface area (Å²) in [5.74, 6) is -0.829. The predicted molar refractivity (Wildman–Crippen MR) is 68.4 cm³/mol. The van der Waals surface area contributed by atoms with Crippen LogP contribution in [0.2, 0.25) is 0 Å². The number of nitrogens with zero attached hydrogens (tertiary/aromatic N) is 2. The number of benzene rings is 1. The number of hydrogen-bond acceptors (Lipinski definition) is 5. The van der Waals surface area contributed by atoms with Crippen LogP contribution in [0.15, 0.2) is 28.6 Å². The van der Waals surface area contributed by atoms with Gasteiger partial charge in [-0.1, -0.05) is 52.9 Å². The fourth-order valence-corrected chi connectivity index (χ4v) is 2.78. The van der Waals surface area contributed by atoms with Crippen LogP contribution in [0.1, 0.15) is 5.56 Å². The molecule has 0 aliphatic carbocycles. The van der Waals surface area contributed by atoms with Crippen LogP contribution in [0, 0.1) is 6.92 Å². The van der Waals surface area contributed by atoms with Crippen molar-refractivity contribution in [2.75, 3.05) is 5.75 Å². The van der Waals surface area contributed by atoms with Crippen LogP contribution < -0.4 is 0 Å². The number of rotatable bonds is 4. The highest BCUT2D eigenvalue weighted by Gasteiger charge is 2.08. The molecule has 0 aliphatic rings. The Morgan fingerprint density at radius 1 is 1.35 bits per heavy atom. The topological polar surface area (TPSA) is 63.1 Å². The van der Waals surface area contributed by atoms with E-state index in [4.69, 9.17) is 5.11 Å². The van der Waals surface area contributed by atoms with Crippen molar-refractivity contribution in [2.45, 2.75) is 11.3 Å². The van der Waals surface area contributed by atoms with E-state index in [0.717, 1.165) is 10.6 Å². The Labute approximate surface area is 107 Å². The van der Waals surface area contributed by atoms with Gasteiger partial charge in [-0.3, -0.25) is 4.79 Å². The molecule has 1 N–H and O–H groups in total. The normalized spacial score (nSPS) is 10.4. The van der Waals surface area contributed by atoms with Crippen LogP contribution in [0.25, 0.3) is 10.6 Å². The number of hydrogen-bond donors (Lipinski definition) is 1. The van der Waals surface area contributed by atoms with Gasteiger partial charge in [-0.2, -0.15) is 0 Å². The zero-order chi connectivity index (χ0) is 12.3. The van der Waals surface area contributed by atoms with Crippen LogP contribution in [-0.4, -0.2) is 27.0 Å². The molecule has 0 fully saturated rings. The van der Waals surface area contributed by atoms with Gasteiger partial charge in [0.1, 0.15) is 5.01 Å². The van der Waals surface area contributed by atoms with Crippen molar-refractivity contribution in [1.29, 1.82) is 0 Å². The number of thioether (sulfide) groups is 1. The van der Waals surface area contributed by atoms with E-state index in [1.54, 1.807) is 0 Å². The quantitative estimate of drug-likeness (QED) is 0.862. The molecule has 1 heterocycles. The lowest BCUT2D eigenvalue weighted by Crippen LogP contribution is -1.96. The summed E-state index contributed by atoms with van der Waals surface area (Å²) in [5.41, 5.74) is 2.20. The molecule has 17 heavy (non-hydrogen) atoms. The largest absolute Gasteiger partial charge is 0.481 e. The van der Waals surface area contributed by atoms with Crippen molar-refractivity contribution >= 4 is 29.1 Å². The number of carboxylic acids is 1. The molecule has 88 valence electrons. The van der Waals surface area contributed by atoms with Gasteiger partial charge in [0.05, 0.1) is 5.75 Å². The van der Waals surface area contributed by atoms with Gasteiger partial charge < -0.3 is 5.11 Å². The van der Waals surface area contributed by atoms with Crippen LogP contribution in [0.3, 0.4) is 0 Å². The summed E-state index contributed by atoms with van der Waals surface area (Å²) in [5, 5.41) is 17.4. The Hall–Kier alpha value is -1.40.